The van der Waals surface area contributed by atoms with Crippen molar-refractivity contribution in [3.8, 4) is 0 Å². The van der Waals surface area contributed by atoms with Crippen LogP contribution in [0, 0.1) is 62.6 Å². The SMILES string of the molecule is CC(C)COC(=O)C1O[C@@H]([C@H](O)[C@H]2CC[C@@]3(C)C(CC[C@]4(C)C3CC=C3C5CC(C)(C)CC[C@]5(C(=O)O)CC[C@]34C)[C@H]2C)C(O)C(O)[C@@H]1O. The number of aliphatic hydroxyl groups excluding tert-OH is 4. The van der Waals surface area contributed by atoms with E-state index >= 15 is 0 Å². The van der Waals surface area contributed by atoms with Crippen LogP contribution in [0.25, 0.3) is 0 Å². The quantitative estimate of drug-likeness (QED) is 0.180. The van der Waals surface area contributed by atoms with Crippen LogP contribution in [0.3, 0.4) is 0 Å². The van der Waals surface area contributed by atoms with Crippen LogP contribution in [0.5, 0.6) is 0 Å². The number of ether oxygens (including phenoxy) is 2. The van der Waals surface area contributed by atoms with Gasteiger partial charge in [-0.3, -0.25) is 4.79 Å². The number of carbonyl (C=O) groups excluding carboxylic acids is 1. The molecule has 5 aliphatic carbocycles. The molecule has 15 atom stereocenters. The molecule has 0 radical (unpaired) electrons. The minimum absolute atomic E-state index is 0.00573. The van der Waals surface area contributed by atoms with Crippen molar-refractivity contribution in [2.75, 3.05) is 6.61 Å². The Balaban J connectivity index is 1.24. The molecule has 9 heteroatoms. The van der Waals surface area contributed by atoms with Crippen LogP contribution in [0.1, 0.15) is 120 Å². The van der Waals surface area contributed by atoms with Crippen molar-refractivity contribution in [1.29, 1.82) is 0 Å². The fourth-order valence-corrected chi connectivity index (χ4v) is 12.7. The maximum absolute atomic E-state index is 13.0. The molecule has 4 saturated carbocycles. The minimum Gasteiger partial charge on any atom is -0.481 e. The molecule has 49 heavy (non-hydrogen) atoms. The first-order chi connectivity index (χ1) is 22.7. The molecule has 1 saturated heterocycles. The summed E-state index contributed by atoms with van der Waals surface area (Å²) in [6, 6.07) is 0. The van der Waals surface area contributed by atoms with Gasteiger partial charge in [-0.2, -0.15) is 0 Å². The maximum atomic E-state index is 13.0. The lowest BCUT2D eigenvalue weighted by Crippen LogP contribution is -2.66. The molecule has 0 aromatic rings. The van der Waals surface area contributed by atoms with Crippen molar-refractivity contribution < 1.29 is 44.6 Å². The first-order valence-electron chi connectivity index (χ1n) is 19.2. The third-order valence-electron chi connectivity index (χ3n) is 15.9. The number of aliphatic carboxylic acids is 1. The maximum Gasteiger partial charge on any atom is 0.338 e. The summed E-state index contributed by atoms with van der Waals surface area (Å²) >= 11 is 0. The lowest BCUT2D eigenvalue weighted by molar-refractivity contribution is -0.258. The van der Waals surface area contributed by atoms with Crippen molar-refractivity contribution in [2.45, 2.75) is 156 Å². The van der Waals surface area contributed by atoms with E-state index in [0.717, 1.165) is 57.8 Å². The van der Waals surface area contributed by atoms with Gasteiger partial charge in [0.15, 0.2) is 6.10 Å². The first kappa shape index (κ1) is 37.2. The molecule has 0 aromatic heterocycles. The van der Waals surface area contributed by atoms with Gasteiger partial charge in [0.1, 0.15) is 24.4 Å². The molecule has 5 fully saturated rings. The van der Waals surface area contributed by atoms with Gasteiger partial charge in [0, 0.05) is 0 Å². The van der Waals surface area contributed by atoms with Crippen molar-refractivity contribution in [3.05, 3.63) is 11.6 Å². The van der Waals surface area contributed by atoms with Gasteiger partial charge in [0.2, 0.25) is 0 Å². The topological polar surface area (TPSA) is 154 Å². The number of carboxylic acid groups (broad SMARTS) is 1. The lowest BCUT2D eigenvalue weighted by Gasteiger charge is -2.70. The number of hydrogen-bond donors (Lipinski definition) is 5. The van der Waals surface area contributed by atoms with E-state index in [-0.39, 0.29) is 51.9 Å². The summed E-state index contributed by atoms with van der Waals surface area (Å²) in [5.74, 6) is -0.684. The normalized spacial score (nSPS) is 49.8. The van der Waals surface area contributed by atoms with E-state index in [1.165, 1.54) is 5.57 Å². The molecule has 0 aromatic carbocycles. The van der Waals surface area contributed by atoms with Crippen LogP contribution >= 0.6 is 0 Å². The fourth-order valence-electron chi connectivity index (χ4n) is 12.7. The van der Waals surface area contributed by atoms with Gasteiger partial charge in [-0.1, -0.05) is 67.0 Å². The van der Waals surface area contributed by atoms with E-state index in [2.05, 4.69) is 47.6 Å². The molecule has 0 bridgehead atoms. The first-order valence-corrected chi connectivity index (χ1v) is 19.2. The highest BCUT2D eigenvalue weighted by Crippen LogP contribution is 2.75. The zero-order valence-corrected chi connectivity index (χ0v) is 31.2. The number of hydrogen-bond acceptors (Lipinski definition) is 8. The van der Waals surface area contributed by atoms with Crippen molar-refractivity contribution in [3.63, 3.8) is 0 Å². The lowest BCUT2D eigenvalue weighted by atomic mass is 9.34. The standard InChI is InChI=1S/C40H64O9/c1-21(2)20-48-34(45)33-31(44)29(42)30(43)32(49-33)28(41)23-11-13-37(6)24(22(23)3)12-14-39(8)27(37)10-9-25-26-19-36(4,5)15-17-40(26,35(46)47)18-16-38(25,39)7/h9,21-24,26-33,41-44H,10-20H2,1-8H3,(H,46,47)/t22-,23-,24?,26?,27?,28+,29?,30?,31-,32-,33?,37-,38+,39+,40-/m0/s1. The highest BCUT2D eigenvalue weighted by atomic mass is 16.6. The second-order valence-corrected chi connectivity index (χ2v) is 19.3. The Labute approximate surface area is 293 Å². The number of rotatable bonds is 6. The van der Waals surface area contributed by atoms with Gasteiger partial charge >= 0.3 is 11.9 Å². The average Bonchev–Trinajstić information content (AvgIpc) is 3.02. The Morgan fingerprint density at radius 1 is 0.939 bits per heavy atom. The summed E-state index contributed by atoms with van der Waals surface area (Å²) < 4.78 is 11.2. The van der Waals surface area contributed by atoms with E-state index in [9.17, 15) is 35.1 Å². The Morgan fingerprint density at radius 3 is 2.27 bits per heavy atom. The van der Waals surface area contributed by atoms with Crippen LogP contribution in [-0.4, -0.2) is 80.7 Å². The highest BCUT2D eigenvalue weighted by Gasteiger charge is 2.68. The number of carboxylic acids is 1. The van der Waals surface area contributed by atoms with E-state index in [1.54, 1.807) is 0 Å². The van der Waals surface area contributed by atoms with Gasteiger partial charge in [-0.15, -0.1) is 0 Å². The molecule has 0 spiro atoms. The molecular weight excluding hydrogens is 624 g/mol. The van der Waals surface area contributed by atoms with E-state index in [4.69, 9.17) is 9.47 Å². The second-order valence-electron chi connectivity index (χ2n) is 19.3. The Hall–Kier alpha value is -1.52. The molecule has 1 aliphatic heterocycles. The van der Waals surface area contributed by atoms with Crippen LogP contribution in [0.15, 0.2) is 11.6 Å². The average molecular weight is 689 g/mol. The third-order valence-corrected chi connectivity index (χ3v) is 15.9. The van der Waals surface area contributed by atoms with E-state index < -0.39 is 54.0 Å². The summed E-state index contributed by atoms with van der Waals surface area (Å²) in [6.07, 6.45) is 2.59. The van der Waals surface area contributed by atoms with Gasteiger partial charge in [0.05, 0.1) is 18.1 Å². The Kier molecular flexibility index (Phi) is 9.55. The molecule has 278 valence electrons. The molecule has 6 aliphatic rings. The van der Waals surface area contributed by atoms with Gasteiger partial charge < -0.3 is 35.0 Å². The summed E-state index contributed by atoms with van der Waals surface area (Å²) in [6.45, 7) is 18.1. The molecule has 0 amide bonds. The summed E-state index contributed by atoms with van der Waals surface area (Å²) in [5, 5.41) is 54.9. The molecule has 9 nitrogen and oxygen atoms in total. The zero-order valence-electron chi connectivity index (χ0n) is 31.2. The van der Waals surface area contributed by atoms with Crippen LogP contribution in [0.4, 0.5) is 0 Å². The van der Waals surface area contributed by atoms with Gasteiger partial charge in [0.25, 0.3) is 0 Å². The predicted molar refractivity (Wildman–Crippen MR) is 184 cm³/mol. The molecule has 1 heterocycles. The fraction of sp³-hybridized carbons (Fsp3) is 0.900. The van der Waals surface area contributed by atoms with E-state index in [1.807, 2.05) is 13.8 Å². The van der Waals surface area contributed by atoms with Crippen molar-refractivity contribution >= 4 is 11.9 Å². The van der Waals surface area contributed by atoms with Crippen LogP contribution in [0.2, 0.25) is 0 Å². The summed E-state index contributed by atoms with van der Waals surface area (Å²) in [5.41, 5.74) is 0.830. The second kappa shape index (κ2) is 12.6. The van der Waals surface area contributed by atoms with Crippen LogP contribution < -0.4 is 0 Å². The number of allylic oxidation sites excluding steroid dienone is 2. The molecule has 6 rings (SSSR count). The Morgan fingerprint density at radius 2 is 1.61 bits per heavy atom. The zero-order chi connectivity index (χ0) is 36.1. The third kappa shape index (κ3) is 5.57. The van der Waals surface area contributed by atoms with Gasteiger partial charge in [-0.25, -0.2) is 4.79 Å². The number of carbonyl (C=O) groups is 2. The minimum atomic E-state index is -1.66. The molecule has 6 unspecified atom stereocenters. The van der Waals surface area contributed by atoms with Crippen molar-refractivity contribution in [1.82, 2.24) is 0 Å². The highest BCUT2D eigenvalue weighted by molar-refractivity contribution is 5.77. The molecular formula is C40H64O9. The number of aliphatic hydroxyl groups is 4. The molecule has 5 N–H and O–H groups in total. The van der Waals surface area contributed by atoms with Gasteiger partial charge in [-0.05, 0) is 121 Å². The smallest absolute Gasteiger partial charge is 0.338 e. The van der Waals surface area contributed by atoms with Crippen LogP contribution in [-0.2, 0) is 19.1 Å². The Bertz CT molecular complexity index is 1330. The summed E-state index contributed by atoms with van der Waals surface area (Å²) in [4.78, 5) is 25.8. The predicted octanol–water partition coefficient (Wildman–Crippen LogP) is 5.51. The van der Waals surface area contributed by atoms with E-state index in [0.29, 0.717) is 18.3 Å². The number of fused-ring (bicyclic) bond motifs is 7. The monoisotopic (exact) mass is 688 g/mol. The number of esters is 1. The summed E-state index contributed by atoms with van der Waals surface area (Å²) in [7, 11) is 0. The van der Waals surface area contributed by atoms with Crippen molar-refractivity contribution in [2.24, 2.45) is 62.6 Å². The largest absolute Gasteiger partial charge is 0.481 e.